The lowest BCUT2D eigenvalue weighted by Crippen LogP contribution is -2.52. The molecule has 0 aliphatic carbocycles. The molecule has 9 heteroatoms. The number of alkyl halides is 3. The van der Waals surface area contributed by atoms with Gasteiger partial charge in [0.2, 0.25) is 5.91 Å². The number of likely N-dealkylation sites (tertiary alicyclic amines) is 2. The zero-order valence-electron chi connectivity index (χ0n) is 18.5. The number of aromatic nitrogens is 1. The first kappa shape index (κ1) is 24.7. The zero-order valence-corrected chi connectivity index (χ0v) is 18.5. The number of carbonyl (C=O) groups is 2. The summed E-state index contributed by atoms with van der Waals surface area (Å²) in [5, 5.41) is 7.12. The number of hydrogen-bond acceptors (Lipinski definition) is 4. The summed E-state index contributed by atoms with van der Waals surface area (Å²) in [4.78, 5) is 30.4. The fourth-order valence-corrected chi connectivity index (χ4v) is 4.52. The van der Waals surface area contributed by atoms with Crippen LogP contribution in [0.3, 0.4) is 0 Å². The van der Waals surface area contributed by atoms with Gasteiger partial charge < -0.3 is 10.0 Å². The average molecular weight is 464 g/mol. The molecule has 2 aliphatic rings. The first-order valence-electron chi connectivity index (χ1n) is 10.9. The Kier molecular flexibility index (Phi) is 7.73. The van der Waals surface area contributed by atoms with Gasteiger partial charge in [0, 0.05) is 50.5 Å². The summed E-state index contributed by atoms with van der Waals surface area (Å²) >= 11 is 0. The van der Waals surface area contributed by atoms with Gasteiger partial charge in [0.25, 0.3) is 0 Å². The Balaban J connectivity index is 0.000000383. The fourth-order valence-electron chi connectivity index (χ4n) is 4.52. The van der Waals surface area contributed by atoms with Gasteiger partial charge in [-0.25, -0.2) is 4.79 Å². The molecule has 1 aromatic heterocycles. The van der Waals surface area contributed by atoms with Gasteiger partial charge in [0.15, 0.2) is 0 Å². The van der Waals surface area contributed by atoms with E-state index in [9.17, 15) is 18.0 Å². The van der Waals surface area contributed by atoms with E-state index in [-0.39, 0.29) is 5.54 Å². The molecule has 1 N–H and O–H groups in total. The molecule has 33 heavy (non-hydrogen) atoms. The van der Waals surface area contributed by atoms with Crippen LogP contribution in [0.4, 0.5) is 13.2 Å². The number of hydrogen-bond donors (Lipinski definition) is 1. The summed E-state index contributed by atoms with van der Waals surface area (Å²) in [6.45, 7) is 5.92. The van der Waals surface area contributed by atoms with Crippen molar-refractivity contribution in [2.45, 2.75) is 57.4 Å². The minimum absolute atomic E-state index is 0.0618. The molecule has 2 aromatic rings. The van der Waals surface area contributed by atoms with Crippen molar-refractivity contribution in [1.82, 2.24) is 14.8 Å². The third-order valence-electron chi connectivity index (χ3n) is 6.26. The monoisotopic (exact) mass is 463 g/mol. The Morgan fingerprint density at radius 1 is 1.09 bits per heavy atom. The van der Waals surface area contributed by atoms with Gasteiger partial charge in [-0.15, -0.1) is 0 Å². The van der Waals surface area contributed by atoms with Gasteiger partial charge in [-0.3, -0.25) is 14.7 Å². The number of carbonyl (C=O) groups excluding carboxylic acids is 1. The Labute approximate surface area is 191 Å². The van der Waals surface area contributed by atoms with Crippen molar-refractivity contribution >= 4 is 11.9 Å². The Morgan fingerprint density at radius 2 is 1.76 bits per heavy atom. The van der Waals surface area contributed by atoms with E-state index >= 15 is 0 Å². The molecule has 0 unspecified atom stereocenters. The van der Waals surface area contributed by atoms with Gasteiger partial charge in [-0.1, -0.05) is 35.9 Å². The Morgan fingerprint density at radius 3 is 2.33 bits per heavy atom. The number of nitrogens with zero attached hydrogens (tertiary/aromatic N) is 3. The molecule has 2 fully saturated rings. The highest BCUT2D eigenvalue weighted by Gasteiger charge is 2.46. The first-order valence-corrected chi connectivity index (χ1v) is 10.9. The van der Waals surface area contributed by atoms with E-state index in [1.165, 1.54) is 16.7 Å². The molecule has 0 bridgehead atoms. The highest BCUT2D eigenvalue weighted by Crippen LogP contribution is 2.40. The number of piperidine rings is 1. The maximum absolute atomic E-state index is 12.6. The molecule has 3 heterocycles. The van der Waals surface area contributed by atoms with Crippen LogP contribution in [0.2, 0.25) is 0 Å². The first-order chi connectivity index (χ1) is 15.6. The van der Waals surface area contributed by atoms with Crippen molar-refractivity contribution in [2.24, 2.45) is 0 Å². The van der Waals surface area contributed by atoms with Crippen LogP contribution in [-0.4, -0.2) is 56.6 Å². The van der Waals surface area contributed by atoms with Gasteiger partial charge in [0.05, 0.1) is 0 Å². The molecule has 2 aliphatic heterocycles. The molecule has 0 radical (unpaired) electrons. The number of pyridine rings is 1. The maximum atomic E-state index is 12.6. The van der Waals surface area contributed by atoms with Crippen LogP contribution in [0.5, 0.6) is 0 Å². The SMILES string of the molecule is Cc1cccc(CN2C(=O)CCC23CCN(Cc2cccnc2)CC3)c1.O=C(O)C(F)(F)F. The van der Waals surface area contributed by atoms with Crippen molar-refractivity contribution in [2.75, 3.05) is 13.1 Å². The second-order valence-electron chi connectivity index (χ2n) is 8.63. The van der Waals surface area contributed by atoms with Crippen molar-refractivity contribution in [1.29, 1.82) is 0 Å². The zero-order chi connectivity index (χ0) is 24.1. The lowest BCUT2D eigenvalue weighted by molar-refractivity contribution is -0.192. The molecule has 4 rings (SSSR count). The molecular formula is C24H28F3N3O3. The number of carboxylic acids is 1. The quantitative estimate of drug-likeness (QED) is 0.737. The summed E-state index contributed by atoms with van der Waals surface area (Å²) in [5.74, 6) is -2.43. The van der Waals surface area contributed by atoms with Crippen LogP contribution in [0.25, 0.3) is 0 Å². The minimum atomic E-state index is -5.08. The van der Waals surface area contributed by atoms with Gasteiger partial charge in [0.1, 0.15) is 0 Å². The molecule has 6 nitrogen and oxygen atoms in total. The van der Waals surface area contributed by atoms with E-state index in [0.717, 1.165) is 45.4 Å². The third kappa shape index (κ3) is 6.54. The molecule has 1 spiro atoms. The van der Waals surface area contributed by atoms with Crippen LogP contribution in [0.15, 0.2) is 48.8 Å². The molecular weight excluding hydrogens is 435 g/mol. The van der Waals surface area contributed by atoms with Crippen molar-refractivity contribution in [3.8, 4) is 0 Å². The number of carboxylic acid groups (broad SMARTS) is 1. The van der Waals surface area contributed by atoms with Crippen molar-refractivity contribution < 1.29 is 27.9 Å². The highest BCUT2D eigenvalue weighted by atomic mass is 19.4. The number of rotatable bonds is 4. The lowest BCUT2D eigenvalue weighted by Gasteiger charge is -2.45. The van der Waals surface area contributed by atoms with Crippen LogP contribution >= 0.6 is 0 Å². The second kappa shape index (κ2) is 10.3. The van der Waals surface area contributed by atoms with Gasteiger partial charge in [-0.05, 0) is 43.4 Å². The average Bonchev–Trinajstić information content (AvgIpc) is 3.06. The second-order valence-corrected chi connectivity index (χ2v) is 8.63. The number of amides is 1. The van der Waals surface area contributed by atoms with Crippen LogP contribution in [-0.2, 0) is 22.7 Å². The fraction of sp³-hybridized carbons (Fsp3) is 0.458. The molecule has 178 valence electrons. The third-order valence-corrected chi connectivity index (χ3v) is 6.26. The van der Waals surface area contributed by atoms with E-state index in [2.05, 4.69) is 52.0 Å². The number of aryl methyl sites for hydroxylation is 1. The summed E-state index contributed by atoms with van der Waals surface area (Å²) in [7, 11) is 0. The number of aliphatic carboxylic acids is 1. The smallest absolute Gasteiger partial charge is 0.475 e. The van der Waals surface area contributed by atoms with E-state index in [1.54, 1.807) is 0 Å². The highest BCUT2D eigenvalue weighted by molar-refractivity contribution is 5.79. The lowest BCUT2D eigenvalue weighted by atomic mass is 9.84. The normalized spacial score (nSPS) is 18.2. The molecule has 1 aromatic carbocycles. The topological polar surface area (TPSA) is 73.7 Å². The van der Waals surface area contributed by atoms with Crippen LogP contribution < -0.4 is 0 Å². The predicted molar refractivity (Wildman–Crippen MR) is 116 cm³/mol. The van der Waals surface area contributed by atoms with Crippen molar-refractivity contribution in [3.63, 3.8) is 0 Å². The molecule has 2 saturated heterocycles. The summed E-state index contributed by atoms with van der Waals surface area (Å²) in [6.07, 6.45) is 2.55. The Hall–Kier alpha value is -2.94. The van der Waals surface area contributed by atoms with E-state index < -0.39 is 12.1 Å². The van der Waals surface area contributed by atoms with Crippen molar-refractivity contribution in [3.05, 3.63) is 65.5 Å². The van der Waals surface area contributed by atoms with E-state index in [1.807, 2.05) is 18.5 Å². The maximum Gasteiger partial charge on any atom is 0.490 e. The summed E-state index contributed by atoms with van der Waals surface area (Å²) < 4.78 is 31.7. The van der Waals surface area contributed by atoms with Crippen LogP contribution in [0.1, 0.15) is 42.4 Å². The van der Waals surface area contributed by atoms with E-state index in [0.29, 0.717) is 12.3 Å². The molecule has 0 saturated carbocycles. The predicted octanol–water partition coefficient (Wildman–Crippen LogP) is 4.18. The number of halogens is 3. The Bertz CT molecular complexity index is 958. The largest absolute Gasteiger partial charge is 0.490 e. The molecule has 0 atom stereocenters. The minimum Gasteiger partial charge on any atom is -0.475 e. The van der Waals surface area contributed by atoms with Gasteiger partial charge >= 0.3 is 12.1 Å². The summed E-state index contributed by atoms with van der Waals surface area (Å²) in [5.41, 5.74) is 3.83. The summed E-state index contributed by atoms with van der Waals surface area (Å²) in [6, 6.07) is 12.7. The standard InChI is InChI=1S/C22H27N3O.C2HF3O2/c1-18-4-2-5-19(14-18)17-25-21(26)7-8-22(25)9-12-24(13-10-22)16-20-6-3-11-23-15-20;3-2(4,5)1(6)7/h2-6,11,14-15H,7-10,12-13,16-17H2,1H3;(H,6,7). The molecule has 1 amide bonds. The van der Waals surface area contributed by atoms with Gasteiger partial charge in [-0.2, -0.15) is 13.2 Å². The van der Waals surface area contributed by atoms with Crippen LogP contribution in [0, 0.1) is 6.92 Å². The van der Waals surface area contributed by atoms with E-state index in [4.69, 9.17) is 9.90 Å². The number of benzene rings is 1.